The highest BCUT2D eigenvalue weighted by molar-refractivity contribution is 7.06. The van der Waals surface area contributed by atoms with Gasteiger partial charge in [0.1, 0.15) is 8.07 Å². The molecule has 1 aliphatic carbocycles. The third kappa shape index (κ3) is 1.67. The average molecular weight is 292 g/mol. The first-order valence-electron chi connectivity index (χ1n) is 8.36. The quantitative estimate of drug-likeness (QED) is 0.675. The van der Waals surface area contributed by atoms with E-state index in [2.05, 4.69) is 62.0 Å². The number of fused-ring (bicyclic) bond motifs is 3. The summed E-state index contributed by atoms with van der Waals surface area (Å²) in [5.74, 6) is 0. The van der Waals surface area contributed by atoms with E-state index in [0.29, 0.717) is 5.04 Å². The lowest BCUT2D eigenvalue weighted by atomic mass is 9.90. The summed E-state index contributed by atoms with van der Waals surface area (Å²) in [6.07, 6.45) is 7.10. The standard InChI is InChI=1S/C20H24Si/c1-20(14-8-3-9-15-20)21(2)18-12-6-4-10-16(18)17-11-5-7-13-19(17)21/h4-7,10-13H,3,8-9,14-15H2,1-2H3. The van der Waals surface area contributed by atoms with Gasteiger partial charge in [0.05, 0.1) is 0 Å². The molecule has 1 heterocycles. The third-order valence-corrected chi connectivity index (χ3v) is 12.3. The Kier molecular flexibility index (Phi) is 2.90. The number of rotatable bonds is 1. The molecular formula is C20H24Si. The molecule has 2 aromatic rings. The van der Waals surface area contributed by atoms with Crippen LogP contribution in [0, 0.1) is 0 Å². The smallest absolute Gasteiger partial charge is 0.0623 e. The molecular weight excluding hydrogens is 268 g/mol. The Hall–Kier alpha value is -1.34. The van der Waals surface area contributed by atoms with E-state index >= 15 is 0 Å². The van der Waals surface area contributed by atoms with Gasteiger partial charge in [0.25, 0.3) is 0 Å². The molecule has 1 heteroatoms. The zero-order chi connectivity index (χ0) is 14.5. The molecule has 0 N–H and O–H groups in total. The van der Waals surface area contributed by atoms with Crippen molar-refractivity contribution in [3.8, 4) is 11.1 Å². The Balaban J connectivity index is 1.99. The summed E-state index contributed by atoms with van der Waals surface area (Å²) in [5, 5.41) is 3.90. The molecule has 2 aromatic carbocycles. The van der Waals surface area contributed by atoms with Crippen LogP contribution in [-0.2, 0) is 0 Å². The van der Waals surface area contributed by atoms with E-state index in [-0.39, 0.29) is 0 Å². The van der Waals surface area contributed by atoms with Crippen LogP contribution in [0.4, 0.5) is 0 Å². The van der Waals surface area contributed by atoms with E-state index in [1.54, 1.807) is 10.4 Å². The van der Waals surface area contributed by atoms with Gasteiger partial charge >= 0.3 is 0 Å². The predicted molar refractivity (Wildman–Crippen MR) is 94.2 cm³/mol. The number of benzene rings is 2. The molecule has 21 heavy (non-hydrogen) atoms. The first kappa shape index (κ1) is 13.3. The van der Waals surface area contributed by atoms with Crippen LogP contribution >= 0.6 is 0 Å². The van der Waals surface area contributed by atoms with Crippen molar-refractivity contribution in [1.82, 2.24) is 0 Å². The Morgan fingerprint density at radius 1 is 0.762 bits per heavy atom. The highest BCUT2D eigenvalue weighted by Crippen LogP contribution is 2.52. The number of hydrogen-bond acceptors (Lipinski definition) is 0. The van der Waals surface area contributed by atoms with Gasteiger partial charge in [-0.05, 0) is 39.4 Å². The van der Waals surface area contributed by atoms with Gasteiger partial charge in [-0.3, -0.25) is 0 Å². The summed E-state index contributed by atoms with van der Waals surface area (Å²) in [7, 11) is -1.65. The lowest BCUT2D eigenvalue weighted by Gasteiger charge is -2.47. The van der Waals surface area contributed by atoms with Crippen LogP contribution in [0.3, 0.4) is 0 Å². The zero-order valence-corrected chi connectivity index (χ0v) is 14.2. The highest BCUT2D eigenvalue weighted by Gasteiger charge is 2.53. The molecule has 0 atom stereocenters. The molecule has 2 aliphatic rings. The lowest BCUT2D eigenvalue weighted by molar-refractivity contribution is 0.393. The van der Waals surface area contributed by atoms with Crippen molar-refractivity contribution in [1.29, 1.82) is 0 Å². The van der Waals surface area contributed by atoms with Crippen LogP contribution in [0.1, 0.15) is 39.0 Å². The topological polar surface area (TPSA) is 0 Å². The molecule has 0 amide bonds. The van der Waals surface area contributed by atoms with Gasteiger partial charge in [0.2, 0.25) is 0 Å². The molecule has 108 valence electrons. The minimum absolute atomic E-state index is 0.522. The molecule has 0 radical (unpaired) electrons. The van der Waals surface area contributed by atoms with Crippen molar-refractivity contribution in [3.63, 3.8) is 0 Å². The molecule has 1 aliphatic heterocycles. The zero-order valence-electron chi connectivity index (χ0n) is 13.2. The first-order valence-corrected chi connectivity index (χ1v) is 10.9. The first-order chi connectivity index (χ1) is 10.2. The second kappa shape index (κ2) is 4.57. The van der Waals surface area contributed by atoms with Crippen LogP contribution in [0.25, 0.3) is 11.1 Å². The Morgan fingerprint density at radius 2 is 1.24 bits per heavy atom. The van der Waals surface area contributed by atoms with Gasteiger partial charge in [-0.15, -0.1) is 0 Å². The maximum Gasteiger partial charge on any atom is 0.122 e. The molecule has 0 bridgehead atoms. The fourth-order valence-corrected chi connectivity index (χ4v) is 10.3. The Labute approximate surface area is 129 Å². The van der Waals surface area contributed by atoms with Crippen LogP contribution in [-0.4, -0.2) is 8.07 Å². The SMILES string of the molecule is CC1([Si]2(C)c3ccccc3-c3ccccc32)CCCCC1. The van der Waals surface area contributed by atoms with Crippen LogP contribution in [0.2, 0.25) is 11.6 Å². The molecule has 0 unspecified atom stereocenters. The van der Waals surface area contributed by atoms with Crippen molar-refractivity contribution in [3.05, 3.63) is 48.5 Å². The summed E-state index contributed by atoms with van der Waals surface area (Å²) in [6, 6.07) is 18.5. The van der Waals surface area contributed by atoms with Crippen LogP contribution < -0.4 is 10.4 Å². The summed E-state index contributed by atoms with van der Waals surface area (Å²) >= 11 is 0. The van der Waals surface area contributed by atoms with Crippen LogP contribution in [0.5, 0.6) is 0 Å². The van der Waals surface area contributed by atoms with Crippen molar-refractivity contribution in [2.45, 2.75) is 50.6 Å². The van der Waals surface area contributed by atoms with Gasteiger partial charge < -0.3 is 0 Å². The van der Waals surface area contributed by atoms with Gasteiger partial charge in [0, 0.05) is 0 Å². The predicted octanol–water partition coefficient (Wildman–Crippen LogP) is 4.58. The second-order valence-electron chi connectivity index (χ2n) is 7.34. The summed E-state index contributed by atoms with van der Waals surface area (Å²) in [4.78, 5) is 0. The summed E-state index contributed by atoms with van der Waals surface area (Å²) < 4.78 is 0. The Bertz CT molecular complexity index is 634. The van der Waals surface area contributed by atoms with E-state index in [9.17, 15) is 0 Å². The number of hydrogen-bond donors (Lipinski definition) is 0. The molecule has 4 rings (SSSR count). The highest BCUT2D eigenvalue weighted by atomic mass is 28.3. The van der Waals surface area contributed by atoms with Crippen molar-refractivity contribution >= 4 is 18.4 Å². The van der Waals surface area contributed by atoms with E-state index in [1.807, 2.05) is 0 Å². The van der Waals surface area contributed by atoms with Gasteiger partial charge in [-0.2, -0.15) is 0 Å². The van der Waals surface area contributed by atoms with Crippen molar-refractivity contribution in [2.75, 3.05) is 0 Å². The molecule has 1 fully saturated rings. The monoisotopic (exact) mass is 292 g/mol. The maximum atomic E-state index is 2.64. The molecule has 0 nitrogen and oxygen atoms in total. The minimum atomic E-state index is -1.65. The fraction of sp³-hybridized carbons (Fsp3) is 0.400. The average Bonchev–Trinajstić information content (AvgIpc) is 2.80. The van der Waals surface area contributed by atoms with Crippen LogP contribution in [0.15, 0.2) is 48.5 Å². The second-order valence-corrected chi connectivity index (χ2v) is 11.9. The van der Waals surface area contributed by atoms with Gasteiger partial charge in [-0.1, -0.05) is 81.3 Å². The van der Waals surface area contributed by atoms with Gasteiger partial charge in [0.15, 0.2) is 0 Å². The molecule has 1 saturated carbocycles. The van der Waals surface area contributed by atoms with Crippen molar-refractivity contribution in [2.24, 2.45) is 0 Å². The molecule has 0 spiro atoms. The third-order valence-electron chi connectivity index (χ3n) is 6.39. The lowest BCUT2D eigenvalue weighted by Crippen LogP contribution is -2.61. The normalized spacial score (nSPS) is 21.6. The van der Waals surface area contributed by atoms with E-state index in [4.69, 9.17) is 0 Å². The molecule has 0 aromatic heterocycles. The van der Waals surface area contributed by atoms with E-state index in [0.717, 1.165) is 0 Å². The largest absolute Gasteiger partial charge is 0.122 e. The maximum absolute atomic E-state index is 2.64. The van der Waals surface area contributed by atoms with E-state index in [1.165, 1.54) is 43.2 Å². The summed E-state index contributed by atoms with van der Waals surface area (Å²) in [5.41, 5.74) is 3.04. The Morgan fingerprint density at radius 3 is 1.76 bits per heavy atom. The summed E-state index contributed by atoms with van der Waals surface area (Å²) in [6.45, 7) is 5.24. The van der Waals surface area contributed by atoms with Crippen molar-refractivity contribution < 1.29 is 0 Å². The van der Waals surface area contributed by atoms with Gasteiger partial charge in [-0.25, -0.2) is 0 Å². The van der Waals surface area contributed by atoms with E-state index < -0.39 is 8.07 Å². The molecule has 0 saturated heterocycles. The fourth-order valence-electron chi connectivity index (χ4n) is 4.94. The minimum Gasteiger partial charge on any atom is -0.0623 e.